The molecule has 4 aromatic rings. The van der Waals surface area contributed by atoms with Crippen LogP contribution in [0.3, 0.4) is 0 Å². The number of aromatic nitrogens is 3. The van der Waals surface area contributed by atoms with Crippen molar-refractivity contribution in [1.29, 1.82) is 0 Å². The minimum atomic E-state index is -0.0761. The second kappa shape index (κ2) is 8.79. The highest BCUT2D eigenvalue weighted by atomic mass is 16.3. The first-order valence-corrected chi connectivity index (χ1v) is 10.2. The zero-order chi connectivity index (χ0) is 22.0. The predicted molar refractivity (Wildman–Crippen MR) is 122 cm³/mol. The van der Waals surface area contributed by atoms with Gasteiger partial charge in [-0.15, -0.1) is 0 Å². The Labute approximate surface area is 181 Å². The summed E-state index contributed by atoms with van der Waals surface area (Å²) in [7, 11) is 5.86. The van der Waals surface area contributed by atoms with E-state index < -0.39 is 0 Å². The van der Waals surface area contributed by atoms with Crippen LogP contribution in [0.5, 0.6) is 0 Å². The number of benzene rings is 2. The average Bonchev–Trinajstić information content (AvgIpc) is 3.13. The second-order valence-electron chi connectivity index (χ2n) is 8.06. The SMILES string of the molecule is CN(C)Cc1ccc(C(=O)Cc2cc3cc(-c4cnn(C)c4CO)ccc3cn2)cc1. The molecule has 0 atom stereocenters. The van der Waals surface area contributed by atoms with Crippen LogP contribution in [0.2, 0.25) is 0 Å². The lowest BCUT2D eigenvalue weighted by atomic mass is 10.0. The van der Waals surface area contributed by atoms with Gasteiger partial charge in [0.05, 0.1) is 24.9 Å². The van der Waals surface area contributed by atoms with Crippen LogP contribution >= 0.6 is 0 Å². The van der Waals surface area contributed by atoms with Crippen molar-refractivity contribution in [2.24, 2.45) is 7.05 Å². The number of Topliss-reactive ketones (excluding diaryl/α,β-unsaturated/α-hetero) is 1. The molecule has 2 heterocycles. The topological polar surface area (TPSA) is 71.2 Å². The van der Waals surface area contributed by atoms with Crippen LogP contribution in [0.25, 0.3) is 21.9 Å². The Kier molecular flexibility index (Phi) is 5.93. The monoisotopic (exact) mass is 414 g/mol. The maximum atomic E-state index is 12.8. The number of aliphatic hydroxyl groups is 1. The minimum Gasteiger partial charge on any atom is -0.390 e. The molecule has 0 saturated heterocycles. The van der Waals surface area contributed by atoms with E-state index in [4.69, 9.17) is 0 Å². The average molecular weight is 415 g/mol. The number of pyridine rings is 1. The van der Waals surface area contributed by atoms with Crippen LogP contribution in [0, 0.1) is 0 Å². The Balaban J connectivity index is 1.57. The molecular formula is C25H26N4O2. The van der Waals surface area contributed by atoms with Gasteiger partial charge in [0.15, 0.2) is 5.78 Å². The maximum absolute atomic E-state index is 12.8. The summed E-state index contributed by atoms with van der Waals surface area (Å²) < 4.78 is 1.68. The van der Waals surface area contributed by atoms with E-state index in [2.05, 4.69) is 21.0 Å². The van der Waals surface area contributed by atoms with Crippen LogP contribution in [-0.2, 0) is 26.6 Å². The molecule has 2 aromatic carbocycles. The number of hydrogen-bond acceptors (Lipinski definition) is 5. The van der Waals surface area contributed by atoms with Gasteiger partial charge in [0, 0.05) is 42.0 Å². The van der Waals surface area contributed by atoms with Crippen molar-refractivity contribution in [3.63, 3.8) is 0 Å². The predicted octanol–water partition coefficient (Wildman–Crippen LogP) is 3.61. The van der Waals surface area contributed by atoms with Gasteiger partial charge in [-0.25, -0.2) is 0 Å². The number of aryl methyl sites for hydroxylation is 1. The van der Waals surface area contributed by atoms with Gasteiger partial charge in [0.2, 0.25) is 0 Å². The molecule has 0 amide bonds. The first kappa shape index (κ1) is 20.9. The third kappa shape index (κ3) is 4.55. The quantitative estimate of drug-likeness (QED) is 0.468. The smallest absolute Gasteiger partial charge is 0.168 e. The summed E-state index contributed by atoms with van der Waals surface area (Å²) in [5, 5.41) is 15.9. The summed E-state index contributed by atoms with van der Waals surface area (Å²) >= 11 is 0. The van der Waals surface area contributed by atoms with E-state index >= 15 is 0 Å². The summed E-state index contributed by atoms with van der Waals surface area (Å²) in [5.41, 5.74) is 5.25. The summed E-state index contributed by atoms with van der Waals surface area (Å²) in [6, 6.07) is 15.8. The van der Waals surface area contributed by atoms with Crippen molar-refractivity contribution in [2.75, 3.05) is 14.1 Å². The third-order valence-electron chi connectivity index (χ3n) is 5.42. The molecule has 0 saturated carbocycles. The van der Waals surface area contributed by atoms with E-state index in [-0.39, 0.29) is 18.8 Å². The molecule has 0 spiro atoms. The number of fused-ring (bicyclic) bond motifs is 1. The van der Waals surface area contributed by atoms with E-state index in [0.29, 0.717) is 5.56 Å². The number of nitrogens with zero attached hydrogens (tertiary/aromatic N) is 4. The third-order valence-corrected chi connectivity index (χ3v) is 5.42. The van der Waals surface area contributed by atoms with Crippen LogP contribution in [0.1, 0.15) is 27.3 Å². The molecule has 0 aliphatic rings. The Morgan fingerprint density at radius 1 is 1.03 bits per heavy atom. The van der Waals surface area contributed by atoms with E-state index in [0.717, 1.165) is 39.8 Å². The zero-order valence-electron chi connectivity index (χ0n) is 18.0. The first-order chi connectivity index (χ1) is 14.9. The largest absolute Gasteiger partial charge is 0.390 e. The van der Waals surface area contributed by atoms with Crippen molar-refractivity contribution in [3.8, 4) is 11.1 Å². The molecule has 31 heavy (non-hydrogen) atoms. The number of ketones is 1. The van der Waals surface area contributed by atoms with E-state index in [9.17, 15) is 9.90 Å². The minimum absolute atomic E-state index is 0.0502. The number of carbonyl (C=O) groups excluding carboxylic acids is 1. The van der Waals surface area contributed by atoms with E-state index in [1.165, 1.54) is 5.56 Å². The number of carbonyl (C=O) groups is 1. The number of aliphatic hydroxyl groups excluding tert-OH is 1. The lowest BCUT2D eigenvalue weighted by Gasteiger charge is -2.10. The van der Waals surface area contributed by atoms with Crippen molar-refractivity contribution in [2.45, 2.75) is 19.6 Å². The highest BCUT2D eigenvalue weighted by Crippen LogP contribution is 2.27. The molecule has 0 unspecified atom stereocenters. The fourth-order valence-corrected chi connectivity index (χ4v) is 3.77. The molecule has 0 aliphatic heterocycles. The summed E-state index contributed by atoms with van der Waals surface area (Å²) in [6.07, 6.45) is 3.82. The first-order valence-electron chi connectivity index (χ1n) is 10.2. The van der Waals surface area contributed by atoms with Gasteiger partial charge in [0.25, 0.3) is 0 Å². The van der Waals surface area contributed by atoms with E-state index in [1.54, 1.807) is 17.1 Å². The molecule has 0 radical (unpaired) electrons. The zero-order valence-corrected chi connectivity index (χ0v) is 18.0. The highest BCUT2D eigenvalue weighted by molar-refractivity contribution is 5.98. The Morgan fingerprint density at radius 2 is 1.81 bits per heavy atom. The van der Waals surface area contributed by atoms with Gasteiger partial charge in [-0.2, -0.15) is 5.10 Å². The molecule has 0 bridgehead atoms. The van der Waals surface area contributed by atoms with Crippen molar-refractivity contribution in [1.82, 2.24) is 19.7 Å². The van der Waals surface area contributed by atoms with Gasteiger partial charge in [-0.3, -0.25) is 14.5 Å². The lowest BCUT2D eigenvalue weighted by Crippen LogP contribution is -2.11. The van der Waals surface area contributed by atoms with Crippen LogP contribution in [-0.4, -0.2) is 44.6 Å². The second-order valence-corrected chi connectivity index (χ2v) is 8.06. The van der Waals surface area contributed by atoms with Gasteiger partial charge in [-0.05, 0) is 42.7 Å². The fraction of sp³-hybridized carbons (Fsp3) is 0.240. The summed E-state index contributed by atoms with van der Waals surface area (Å²) in [6.45, 7) is 0.769. The van der Waals surface area contributed by atoms with Crippen molar-refractivity contribution >= 4 is 16.6 Å². The van der Waals surface area contributed by atoms with Gasteiger partial charge < -0.3 is 10.0 Å². The molecule has 1 N–H and O–H groups in total. The maximum Gasteiger partial charge on any atom is 0.168 e. The Bertz CT molecular complexity index is 1230. The normalized spacial score (nSPS) is 11.4. The van der Waals surface area contributed by atoms with E-state index in [1.807, 2.05) is 63.6 Å². The van der Waals surface area contributed by atoms with Gasteiger partial charge >= 0.3 is 0 Å². The molecule has 6 heteroatoms. The molecule has 0 aliphatic carbocycles. The molecule has 4 rings (SSSR count). The standard InChI is InChI=1S/C25H26N4O2/c1-28(2)15-17-4-6-18(7-5-17)25(31)12-22-11-21-10-19(8-9-20(21)13-26-22)23-14-27-29(3)24(23)16-30/h4-11,13-14,30H,12,15-16H2,1-3H3. The van der Waals surface area contributed by atoms with Gasteiger partial charge in [-0.1, -0.05) is 36.4 Å². The Morgan fingerprint density at radius 3 is 2.52 bits per heavy atom. The summed E-state index contributed by atoms with van der Waals surface area (Å²) in [4.78, 5) is 19.4. The Hall–Kier alpha value is -3.35. The van der Waals surface area contributed by atoms with Crippen LogP contribution in [0.4, 0.5) is 0 Å². The number of hydrogen-bond donors (Lipinski definition) is 1. The molecule has 2 aromatic heterocycles. The highest BCUT2D eigenvalue weighted by Gasteiger charge is 2.12. The van der Waals surface area contributed by atoms with Crippen molar-refractivity contribution < 1.29 is 9.90 Å². The lowest BCUT2D eigenvalue weighted by molar-refractivity contribution is 0.0992. The molecule has 0 fully saturated rings. The molecular weight excluding hydrogens is 388 g/mol. The van der Waals surface area contributed by atoms with Gasteiger partial charge in [0.1, 0.15) is 0 Å². The van der Waals surface area contributed by atoms with Crippen LogP contribution < -0.4 is 0 Å². The molecule has 158 valence electrons. The van der Waals surface area contributed by atoms with Crippen molar-refractivity contribution in [3.05, 3.63) is 83.4 Å². The van der Waals surface area contributed by atoms with Crippen LogP contribution in [0.15, 0.2) is 60.9 Å². The fourth-order valence-electron chi connectivity index (χ4n) is 3.77. The summed E-state index contributed by atoms with van der Waals surface area (Å²) in [5.74, 6) is 0.0502. The number of rotatable bonds is 7. The molecule has 6 nitrogen and oxygen atoms in total.